The maximum absolute atomic E-state index is 12.0. The maximum atomic E-state index is 12.0. The lowest BCUT2D eigenvalue weighted by molar-refractivity contribution is 0.0676. The molecular weight excluding hydrogens is 1540 g/mol. The Kier molecular flexibility index (Phi) is 26.0. The van der Waals surface area contributed by atoms with Crippen LogP contribution in [0.3, 0.4) is 0 Å². The highest BCUT2D eigenvalue weighted by Gasteiger charge is 2.19. The topological polar surface area (TPSA) is 448 Å². The fraction of sp³-hybridized carbons (Fsp3) is 0. The predicted molar refractivity (Wildman–Crippen MR) is 427 cm³/mol. The normalized spacial score (nSPS) is 9.50. The maximum Gasteiger partial charge on any atom is 0.335 e. The molecule has 0 atom stereocenters. The Labute approximate surface area is 678 Å². The van der Waals surface area contributed by atoms with Gasteiger partial charge in [-0.3, -0.25) is 0 Å². The van der Waals surface area contributed by atoms with Gasteiger partial charge in [0.15, 0.2) is 0 Å². The number of carbonyl (C=O) groups is 12. The summed E-state index contributed by atoms with van der Waals surface area (Å²) in [6, 6.07) is 38.5. The van der Waals surface area contributed by atoms with E-state index < -0.39 is 71.6 Å². The van der Waals surface area contributed by atoms with Gasteiger partial charge in [-0.1, -0.05) is 71.0 Å². The molecule has 0 aliphatic rings. The molecule has 10 aromatic rings. The molecule has 0 aliphatic heterocycles. The Hall–Kier alpha value is -19.4. The van der Waals surface area contributed by atoms with E-state index in [0.29, 0.717) is 33.4 Å². The van der Waals surface area contributed by atoms with Gasteiger partial charge in [0.2, 0.25) is 0 Å². The zero-order valence-corrected chi connectivity index (χ0v) is 60.6. The Balaban J connectivity index is 1.25. The molecule has 10 aromatic carbocycles. The molecule has 0 radical (unpaired) electrons. The first-order valence-electron chi connectivity index (χ1n) is 33.7. The molecule has 12 N–H and O–H groups in total. The summed E-state index contributed by atoms with van der Waals surface area (Å²) < 4.78 is 0. The lowest BCUT2D eigenvalue weighted by Gasteiger charge is -2.13. The minimum Gasteiger partial charge on any atom is -0.478 e. The Morgan fingerprint density at radius 3 is 0.317 bits per heavy atom. The Bertz CT molecular complexity index is 5890. The van der Waals surface area contributed by atoms with Crippen molar-refractivity contribution in [3.05, 3.63) is 316 Å². The molecule has 0 saturated carbocycles. The van der Waals surface area contributed by atoms with Crippen LogP contribution in [-0.2, 0) is 0 Å². The molecule has 0 saturated heterocycles. The number of aromatic carboxylic acids is 12. The molecule has 570 valence electrons. The van der Waals surface area contributed by atoms with Crippen molar-refractivity contribution >= 4 is 71.6 Å². The molecule has 0 unspecified atom stereocenters. The van der Waals surface area contributed by atoms with E-state index in [1.165, 1.54) is 18.2 Å². The molecule has 0 aromatic heterocycles. The van der Waals surface area contributed by atoms with Crippen molar-refractivity contribution in [1.29, 1.82) is 0 Å². The van der Waals surface area contributed by atoms with Crippen molar-refractivity contribution < 1.29 is 119 Å². The van der Waals surface area contributed by atoms with Crippen LogP contribution in [0.2, 0.25) is 0 Å². The first-order chi connectivity index (χ1) is 57.3. The average molecular weight is 1580 g/mol. The van der Waals surface area contributed by atoms with Crippen LogP contribution in [0.15, 0.2) is 182 Å². The molecule has 0 bridgehead atoms. The molecule has 120 heavy (non-hydrogen) atoms. The van der Waals surface area contributed by atoms with E-state index in [4.69, 9.17) is 0 Å². The number of carboxylic acid groups (broad SMARTS) is 12. The van der Waals surface area contributed by atoms with Crippen molar-refractivity contribution in [2.45, 2.75) is 0 Å². The third-order valence-electron chi connectivity index (χ3n) is 16.2. The predicted octanol–water partition coefficient (Wildman–Crippen LogP) is 11.5. The van der Waals surface area contributed by atoms with Crippen molar-refractivity contribution in [2.24, 2.45) is 0 Å². The first kappa shape index (κ1) is 83.0. The lowest BCUT2D eigenvalue weighted by atomic mass is 9.90. The summed E-state index contributed by atoms with van der Waals surface area (Å²) in [5.74, 6) is 48.0. The Morgan fingerprint density at radius 2 is 0.217 bits per heavy atom. The second-order valence-electron chi connectivity index (χ2n) is 24.7. The van der Waals surface area contributed by atoms with E-state index in [2.05, 4.69) is 142 Å². The molecule has 0 amide bonds. The van der Waals surface area contributed by atoms with Gasteiger partial charge in [-0.2, -0.15) is 0 Å². The fourth-order valence-electron chi connectivity index (χ4n) is 10.9. The third kappa shape index (κ3) is 22.9. The highest BCUT2D eigenvalue weighted by atomic mass is 16.4. The van der Waals surface area contributed by atoms with E-state index in [-0.39, 0.29) is 134 Å². The molecule has 0 spiro atoms. The monoisotopic (exact) mass is 1580 g/mol. The molecule has 24 nitrogen and oxygen atoms in total. The smallest absolute Gasteiger partial charge is 0.335 e. The van der Waals surface area contributed by atoms with Crippen molar-refractivity contribution in [2.75, 3.05) is 0 Å². The number of hydrogen-bond donors (Lipinski definition) is 12. The van der Waals surface area contributed by atoms with Gasteiger partial charge in [0.25, 0.3) is 0 Å². The quantitative estimate of drug-likeness (QED) is 0.0424. The van der Waals surface area contributed by atoms with Crippen LogP contribution in [-0.4, -0.2) is 133 Å². The number of hydrogen-bond acceptors (Lipinski definition) is 12. The summed E-state index contributed by atoms with van der Waals surface area (Å²) >= 11 is 0. The van der Waals surface area contributed by atoms with Crippen LogP contribution in [0.1, 0.15) is 191 Å². The average Bonchev–Trinajstić information content (AvgIpc) is 0.780. The van der Waals surface area contributed by atoms with Gasteiger partial charge in [-0.05, 0) is 286 Å². The largest absolute Gasteiger partial charge is 0.478 e. The Morgan fingerprint density at radius 1 is 0.125 bits per heavy atom. The van der Waals surface area contributed by atoms with E-state index >= 15 is 0 Å². The van der Waals surface area contributed by atoms with Gasteiger partial charge >= 0.3 is 71.6 Å². The summed E-state index contributed by atoms with van der Waals surface area (Å²) in [4.78, 5) is 144. The molecule has 0 fully saturated rings. The van der Waals surface area contributed by atoms with Crippen LogP contribution in [0, 0.1) is 142 Å². The van der Waals surface area contributed by atoms with Crippen molar-refractivity contribution in [1.82, 2.24) is 0 Å². The van der Waals surface area contributed by atoms with Crippen LogP contribution >= 0.6 is 0 Å². The van der Waals surface area contributed by atoms with Crippen molar-refractivity contribution in [3.8, 4) is 175 Å². The van der Waals surface area contributed by atoms with Crippen molar-refractivity contribution in [3.63, 3.8) is 0 Å². The summed E-state index contributed by atoms with van der Waals surface area (Å²) in [5, 5.41) is 117. The van der Waals surface area contributed by atoms with E-state index in [0.717, 1.165) is 109 Å². The molecule has 10 rings (SSSR count). The van der Waals surface area contributed by atoms with E-state index in [9.17, 15) is 119 Å². The van der Waals surface area contributed by atoms with Gasteiger partial charge in [0, 0.05) is 66.8 Å². The minimum absolute atomic E-state index is 0.0262. The highest BCUT2D eigenvalue weighted by molar-refractivity contribution is 5.99. The second kappa shape index (κ2) is 37.5. The SMILES string of the molecule is O=C(O)c1cc(C#CC#Cc2cc(C#CC#Cc3cc(C(=O)O)cc(C(=O)O)c3)cc(-c3cc(-c4cc(C#CC#Cc5cc(C(=O)O)cc(C(=O)O)c5)cc(C#CC#Cc5cc(C(=O)O)cc(C(=O)O)c5)c4)cc(-c4cc(C#CC#Cc5cc(C(=O)O)cc(C(=O)O)c5)cc(C#CC#Cc5cc(C(=O)O)cc(C(=O)O)c5)c4)c3)c2)cc(C(=O)O)c1. The van der Waals surface area contributed by atoms with E-state index in [1.807, 2.05) is 0 Å². The standard InChI is InChI=1S/C96H42O24/c97-85(98)73-34-61(35-74(49-73)86(99)100)19-7-1-13-55-25-56(14-2-8-20-62-36-75(87(101)102)50-76(37-62)88(103)104)29-67(28-55)70-46-71(68-30-57(15-3-9-21-63-38-77(89(105)106)51-78(39-63)90(107)108)26-58(31-68)16-4-10-22-64-40-79(91(109)110)52-80(41-64)92(111)112)48-72(47-70)69-32-59(17-5-11-23-65-42-81(93(113)114)53-82(43-65)94(115)116)27-60(33-69)18-6-12-24-66-44-83(95(117)118)54-84(45-66)96(119)120/h25-54H,(H,97,98)(H,99,100)(H,101,102)(H,103,104)(H,105,106)(H,107,108)(H,109,110)(H,111,112)(H,113,114)(H,115,116)(H,117,118)(H,119,120). The van der Waals surface area contributed by atoms with Crippen LogP contribution in [0.25, 0.3) is 33.4 Å². The number of carboxylic acids is 12. The summed E-state index contributed by atoms with van der Waals surface area (Å²) in [6.45, 7) is 0. The number of rotatable bonds is 15. The van der Waals surface area contributed by atoms with Crippen LogP contribution in [0.4, 0.5) is 0 Å². The van der Waals surface area contributed by atoms with Crippen LogP contribution < -0.4 is 0 Å². The summed E-state index contributed by atoms with van der Waals surface area (Å²) in [6.07, 6.45) is 0. The fourth-order valence-corrected chi connectivity index (χ4v) is 10.9. The summed E-state index contributed by atoms with van der Waals surface area (Å²) in [7, 11) is 0. The lowest BCUT2D eigenvalue weighted by Crippen LogP contribution is -2.03. The second-order valence-corrected chi connectivity index (χ2v) is 24.7. The third-order valence-corrected chi connectivity index (χ3v) is 16.2. The molecular formula is C96H42O24. The first-order valence-corrected chi connectivity index (χ1v) is 33.7. The zero-order valence-electron chi connectivity index (χ0n) is 60.6. The van der Waals surface area contributed by atoms with E-state index in [1.54, 1.807) is 54.6 Å². The number of benzene rings is 10. The summed E-state index contributed by atoms with van der Waals surface area (Å²) in [5.41, 5.74) is -1.60. The highest BCUT2D eigenvalue weighted by Crippen LogP contribution is 2.36. The van der Waals surface area contributed by atoms with Gasteiger partial charge in [0.1, 0.15) is 0 Å². The molecule has 0 aliphatic carbocycles. The zero-order chi connectivity index (χ0) is 86.4. The molecule has 24 heteroatoms. The van der Waals surface area contributed by atoms with Gasteiger partial charge in [-0.15, -0.1) is 0 Å². The van der Waals surface area contributed by atoms with Gasteiger partial charge in [-0.25, -0.2) is 57.5 Å². The van der Waals surface area contributed by atoms with Gasteiger partial charge < -0.3 is 61.3 Å². The van der Waals surface area contributed by atoms with Gasteiger partial charge in [0.05, 0.1) is 66.8 Å². The van der Waals surface area contributed by atoms with Crippen LogP contribution in [0.5, 0.6) is 0 Å². The molecule has 0 heterocycles. The minimum atomic E-state index is -1.44.